The Kier molecular flexibility index (Phi) is 8.03. The fraction of sp³-hybridized carbons (Fsp3) is 0.897. The van der Waals surface area contributed by atoms with Gasteiger partial charge in [0.05, 0.1) is 19.3 Å². The van der Waals surface area contributed by atoms with Crippen LogP contribution in [0, 0.1) is 46.3 Å². The summed E-state index contributed by atoms with van der Waals surface area (Å²) in [6.45, 7) is 9.46. The highest BCUT2D eigenvalue weighted by Crippen LogP contribution is 2.69. The highest BCUT2D eigenvalue weighted by atomic mass is 16.5. The summed E-state index contributed by atoms with van der Waals surface area (Å²) in [5, 5.41) is 23.1. The zero-order valence-electron chi connectivity index (χ0n) is 23.3. The number of carbonyl (C=O) groups is 3. The summed E-state index contributed by atoms with van der Waals surface area (Å²) >= 11 is 0. The number of ether oxygens (including phenoxy) is 3. The number of rotatable bonds is 6. The molecule has 8 nitrogen and oxygen atoms in total. The third kappa shape index (κ3) is 4.81. The zero-order valence-corrected chi connectivity index (χ0v) is 23.3. The van der Waals surface area contributed by atoms with Crippen LogP contribution in [-0.4, -0.2) is 59.6 Å². The van der Waals surface area contributed by atoms with Crippen molar-refractivity contribution in [2.24, 2.45) is 46.3 Å². The average molecular weight is 523 g/mol. The normalized spacial score (nSPS) is 45.6. The van der Waals surface area contributed by atoms with Gasteiger partial charge in [0.25, 0.3) is 0 Å². The summed E-state index contributed by atoms with van der Waals surface area (Å²) in [6, 6.07) is 0. The first kappa shape index (κ1) is 28.3. The smallest absolute Gasteiger partial charge is 0.305 e. The van der Waals surface area contributed by atoms with Gasteiger partial charge in [-0.1, -0.05) is 20.8 Å². The summed E-state index contributed by atoms with van der Waals surface area (Å²) in [5.74, 6) is -0.515. The highest BCUT2D eigenvalue weighted by Gasteiger charge is 2.68. The maximum absolute atomic E-state index is 12.3. The summed E-state index contributed by atoms with van der Waals surface area (Å²) in [5.41, 5.74) is -0.616. The largest absolute Gasteiger partial charge is 0.469 e. The van der Waals surface area contributed by atoms with Crippen molar-refractivity contribution in [3.05, 3.63) is 0 Å². The van der Waals surface area contributed by atoms with E-state index in [-0.39, 0.29) is 76.5 Å². The van der Waals surface area contributed by atoms with E-state index >= 15 is 0 Å². The number of carbonyl (C=O) groups excluding carboxylic acids is 3. The summed E-state index contributed by atoms with van der Waals surface area (Å²) < 4.78 is 16.5. The molecule has 0 amide bonds. The van der Waals surface area contributed by atoms with Gasteiger partial charge >= 0.3 is 17.9 Å². The Morgan fingerprint density at radius 3 is 2.22 bits per heavy atom. The number of aliphatic hydroxyl groups excluding tert-OH is 2. The molecule has 0 radical (unpaired) electrons. The molecule has 0 saturated heterocycles. The second kappa shape index (κ2) is 10.5. The molecule has 4 aliphatic carbocycles. The van der Waals surface area contributed by atoms with Crippen LogP contribution in [0.25, 0.3) is 0 Å². The molecule has 0 spiro atoms. The van der Waals surface area contributed by atoms with Crippen LogP contribution in [0.2, 0.25) is 0 Å². The molecule has 4 aliphatic rings. The number of methoxy groups -OCH3 is 1. The third-order valence-electron chi connectivity index (χ3n) is 11.2. The van der Waals surface area contributed by atoms with Crippen LogP contribution in [0.4, 0.5) is 0 Å². The number of hydrogen-bond donors (Lipinski definition) is 2. The molecular formula is C29H46O8. The number of fused-ring (bicyclic) bond motifs is 5. The van der Waals surface area contributed by atoms with Crippen molar-refractivity contribution < 1.29 is 38.8 Å². The van der Waals surface area contributed by atoms with Gasteiger partial charge in [-0.05, 0) is 85.9 Å². The van der Waals surface area contributed by atoms with Gasteiger partial charge < -0.3 is 24.4 Å². The Bertz CT molecular complexity index is 889. The van der Waals surface area contributed by atoms with E-state index in [1.54, 1.807) is 0 Å². The van der Waals surface area contributed by atoms with E-state index in [0.29, 0.717) is 25.7 Å². The van der Waals surface area contributed by atoms with Gasteiger partial charge in [0.15, 0.2) is 0 Å². The number of hydrogen-bond acceptors (Lipinski definition) is 8. The average Bonchev–Trinajstić information content (AvgIpc) is 3.19. The summed E-state index contributed by atoms with van der Waals surface area (Å²) in [4.78, 5) is 35.8. The lowest BCUT2D eigenvalue weighted by atomic mass is 9.42. The van der Waals surface area contributed by atoms with Crippen molar-refractivity contribution in [2.75, 3.05) is 7.11 Å². The molecule has 2 N–H and O–H groups in total. The minimum atomic E-state index is -0.894. The molecule has 0 bridgehead atoms. The molecule has 0 heterocycles. The Balaban J connectivity index is 1.66. The SMILES string of the molecule is COC(=O)CC[C@H](C)[C@H]1CCC2C3C(C[C@H](OC(C)=O)[C@@]21C)[C@@]1(C)CCC(OC(C)=O)C[C@H]1[C@H](O)[C@@H]3O. The quantitative estimate of drug-likeness (QED) is 0.401. The van der Waals surface area contributed by atoms with Gasteiger partial charge in [0.1, 0.15) is 12.2 Å². The Morgan fingerprint density at radius 1 is 0.919 bits per heavy atom. The van der Waals surface area contributed by atoms with Crippen molar-refractivity contribution in [2.45, 2.75) is 110 Å². The predicted octanol–water partition coefficient (Wildman–Crippen LogP) is 3.65. The minimum Gasteiger partial charge on any atom is -0.469 e. The third-order valence-corrected chi connectivity index (χ3v) is 11.2. The standard InChI is InChI=1S/C29H46O8/c1-15(7-10-24(32)35-6)19-8-9-20-25-21(14-23(29(19,20)5)37-17(3)31)28(4)12-11-18(36-16(2)30)13-22(28)26(33)27(25)34/h15,18-23,25-27,33-34H,7-14H2,1-6H3/t15-,18?,19+,20?,21?,22-,23-,25?,26-,27+,28+,29+/m0/s1. The fourth-order valence-electron chi connectivity index (χ4n) is 9.49. The molecule has 8 heteroatoms. The Morgan fingerprint density at radius 2 is 1.59 bits per heavy atom. The van der Waals surface area contributed by atoms with Gasteiger partial charge in [0, 0.05) is 25.7 Å². The van der Waals surface area contributed by atoms with Crippen molar-refractivity contribution in [3.63, 3.8) is 0 Å². The van der Waals surface area contributed by atoms with Gasteiger partial charge in [-0.25, -0.2) is 0 Å². The lowest BCUT2D eigenvalue weighted by molar-refractivity contribution is -0.248. The van der Waals surface area contributed by atoms with Crippen LogP contribution in [-0.2, 0) is 28.6 Å². The fourth-order valence-corrected chi connectivity index (χ4v) is 9.49. The first-order chi connectivity index (χ1) is 17.3. The molecule has 210 valence electrons. The summed E-state index contributed by atoms with van der Waals surface area (Å²) in [6.07, 6.45) is 3.24. The first-order valence-corrected chi connectivity index (χ1v) is 14.1. The van der Waals surface area contributed by atoms with Gasteiger partial charge in [-0.2, -0.15) is 0 Å². The van der Waals surface area contributed by atoms with E-state index in [4.69, 9.17) is 14.2 Å². The molecule has 0 aliphatic heterocycles. The van der Waals surface area contributed by atoms with Crippen LogP contribution in [0.1, 0.15) is 86.0 Å². The molecule has 0 aromatic carbocycles. The van der Waals surface area contributed by atoms with E-state index < -0.39 is 12.2 Å². The minimum absolute atomic E-state index is 0.0840. The first-order valence-electron chi connectivity index (χ1n) is 14.1. The van der Waals surface area contributed by atoms with Crippen molar-refractivity contribution in [1.82, 2.24) is 0 Å². The molecule has 0 aromatic rings. The van der Waals surface area contributed by atoms with Gasteiger partial charge in [0.2, 0.25) is 0 Å². The van der Waals surface area contributed by atoms with E-state index in [1.807, 2.05) is 0 Å². The van der Waals surface area contributed by atoms with Crippen LogP contribution in [0.3, 0.4) is 0 Å². The van der Waals surface area contributed by atoms with Crippen LogP contribution in [0.15, 0.2) is 0 Å². The van der Waals surface area contributed by atoms with E-state index in [2.05, 4.69) is 20.8 Å². The molecule has 37 heavy (non-hydrogen) atoms. The van der Waals surface area contributed by atoms with E-state index in [1.165, 1.54) is 21.0 Å². The molecule has 4 saturated carbocycles. The molecule has 0 aromatic heterocycles. The molecular weight excluding hydrogens is 476 g/mol. The maximum atomic E-state index is 12.3. The van der Waals surface area contributed by atoms with Gasteiger partial charge in [-0.15, -0.1) is 0 Å². The van der Waals surface area contributed by atoms with Crippen LogP contribution >= 0.6 is 0 Å². The Hall–Kier alpha value is -1.67. The second-order valence-corrected chi connectivity index (χ2v) is 12.9. The van der Waals surface area contributed by atoms with Crippen LogP contribution in [0.5, 0.6) is 0 Å². The topological polar surface area (TPSA) is 119 Å². The molecule has 12 atom stereocenters. The van der Waals surface area contributed by atoms with Crippen molar-refractivity contribution in [1.29, 1.82) is 0 Å². The monoisotopic (exact) mass is 522 g/mol. The zero-order chi connectivity index (χ0) is 27.3. The highest BCUT2D eigenvalue weighted by molar-refractivity contribution is 5.69. The number of aliphatic hydroxyl groups is 2. The van der Waals surface area contributed by atoms with E-state index in [9.17, 15) is 24.6 Å². The van der Waals surface area contributed by atoms with Crippen molar-refractivity contribution in [3.8, 4) is 0 Å². The van der Waals surface area contributed by atoms with E-state index in [0.717, 1.165) is 25.7 Å². The molecule has 4 unspecified atom stereocenters. The van der Waals surface area contributed by atoms with Gasteiger partial charge in [-0.3, -0.25) is 14.4 Å². The maximum Gasteiger partial charge on any atom is 0.305 e. The number of esters is 3. The molecule has 4 rings (SSSR count). The summed E-state index contributed by atoms with van der Waals surface area (Å²) in [7, 11) is 1.40. The lowest BCUT2D eigenvalue weighted by Gasteiger charge is -2.65. The second-order valence-electron chi connectivity index (χ2n) is 12.9. The molecule has 4 fully saturated rings. The van der Waals surface area contributed by atoms with Crippen LogP contribution < -0.4 is 0 Å². The van der Waals surface area contributed by atoms with Crippen molar-refractivity contribution >= 4 is 17.9 Å². The predicted molar refractivity (Wildman–Crippen MR) is 135 cm³/mol. The Labute approximate surface area is 220 Å². The lowest BCUT2D eigenvalue weighted by Crippen LogP contribution is -2.67.